The van der Waals surface area contributed by atoms with E-state index in [9.17, 15) is 4.79 Å². The van der Waals surface area contributed by atoms with Crippen LogP contribution in [0, 0.1) is 44.1 Å². The number of rotatable bonds is 1. The van der Waals surface area contributed by atoms with Crippen molar-refractivity contribution in [1.29, 1.82) is 0 Å². The molecule has 0 heterocycles. The zero-order valence-electron chi connectivity index (χ0n) is 3.89. The predicted molar refractivity (Wildman–Crippen MR) is 22.5 cm³/mol. The number of halogens is 1. The van der Waals surface area contributed by atoms with E-state index in [4.69, 9.17) is 16.7 Å². The van der Waals surface area contributed by atoms with Crippen molar-refractivity contribution in [2.75, 3.05) is 0 Å². The van der Waals surface area contributed by atoms with Crippen LogP contribution in [0.4, 0.5) is 0 Å². The van der Waals surface area contributed by atoms with E-state index in [-0.39, 0.29) is 44.1 Å². The van der Waals surface area contributed by atoms with E-state index in [0.29, 0.717) is 0 Å². The Morgan fingerprint density at radius 3 is 2.00 bits per heavy atom. The molecule has 39 valence electrons. The summed E-state index contributed by atoms with van der Waals surface area (Å²) in [6, 6.07) is 0. The fraction of sp³-hybridized carbons (Fsp3) is 0.667. The van der Waals surface area contributed by atoms with Gasteiger partial charge in [-0.25, -0.2) is 0 Å². The number of hydrogen-bond acceptors (Lipinski definition) is 2. The molecular weight excluding hydrogens is 330 g/mol. The summed E-state index contributed by atoms with van der Waals surface area (Å²) in [6.45, 7) is 1.31. The second kappa shape index (κ2) is 5.50. The largest absolute Gasteiger partial charge is 0.384 e. The average Bonchev–Trinajstić information content (AvgIpc) is 1.36. The van der Waals surface area contributed by atoms with E-state index in [0.717, 1.165) is 0 Å². The van der Waals surface area contributed by atoms with E-state index in [1.165, 1.54) is 6.92 Å². The first-order valence-corrected chi connectivity index (χ1v) is 1.90. The van der Waals surface area contributed by atoms with Crippen molar-refractivity contribution in [1.82, 2.24) is 0 Å². The molecule has 1 radical (unpaired) electrons. The molecule has 0 aliphatic heterocycles. The van der Waals surface area contributed by atoms with Crippen LogP contribution in [0.1, 0.15) is 6.92 Å². The smallest absolute Gasteiger partial charge is 0.249 e. The number of carbonyl (C=O) groups is 1. The molecule has 0 aromatic rings. The van der Waals surface area contributed by atoms with Gasteiger partial charge >= 0.3 is 0 Å². The third kappa shape index (κ3) is 7.36. The molecule has 2 nitrogen and oxygen atoms in total. The van der Waals surface area contributed by atoms with Crippen molar-refractivity contribution in [3.63, 3.8) is 0 Å². The first-order valence-electron chi connectivity index (χ1n) is 1.52. The Bertz CT molecular complexity index is 64.0. The Morgan fingerprint density at radius 2 is 2.00 bits per heavy atom. The number of carbonyl (C=O) groups excluding carboxylic acids is 1. The minimum absolute atomic E-state index is 0. The molecule has 0 aliphatic rings. The van der Waals surface area contributed by atoms with Crippen molar-refractivity contribution >= 4 is 16.8 Å². The number of hydrogen-bond donors (Lipinski definition) is 1. The van der Waals surface area contributed by atoms with Gasteiger partial charge in [0.2, 0.25) is 5.24 Å². The van der Waals surface area contributed by atoms with Crippen LogP contribution in [0.5, 0.6) is 0 Å². The third-order valence-electron chi connectivity index (χ3n) is 0.328. The second-order valence-electron chi connectivity index (χ2n) is 0.980. The van der Waals surface area contributed by atoms with Crippen LogP contribution in [0.15, 0.2) is 0 Å². The van der Waals surface area contributed by atoms with E-state index < -0.39 is 11.3 Å². The molecule has 7 heavy (non-hydrogen) atoms. The van der Waals surface area contributed by atoms with Gasteiger partial charge in [-0.1, -0.05) is 0 Å². The molecule has 0 rings (SSSR count). The van der Waals surface area contributed by atoms with Gasteiger partial charge in [-0.2, -0.15) is 0 Å². The topological polar surface area (TPSA) is 37.3 Å². The molecule has 0 saturated carbocycles. The standard InChI is InChI=1S/C3H5ClO2.Ac/c1-2(5)3(4)6;/h2,5H,1H3;/t2-;/m0./s1. The van der Waals surface area contributed by atoms with Crippen LogP contribution < -0.4 is 0 Å². The molecule has 0 saturated heterocycles. The van der Waals surface area contributed by atoms with Crippen LogP contribution in [0.3, 0.4) is 0 Å². The molecule has 0 spiro atoms. The van der Waals surface area contributed by atoms with Gasteiger partial charge in [0.25, 0.3) is 0 Å². The van der Waals surface area contributed by atoms with E-state index >= 15 is 0 Å². The van der Waals surface area contributed by atoms with E-state index in [1.54, 1.807) is 0 Å². The van der Waals surface area contributed by atoms with Crippen LogP contribution in [-0.4, -0.2) is 16.5 Å². The molecule has 0 amide bonds. The molecule has 0 fully saturated rings. The average molecular weight is 336 g/mol. The van der Waals surface area contributed by atoms with Crippen LogP contribution in [0.2, 0.25) is 0 Å². The van der Waals surface area contributed by atoms with Crippen molar-refractivity contribution in [2.24, 2.45) is 0 Å². The third-order valence-corrected chi connectivity index (χ3v) is 0.644. The Balaban J connectivity index is 0. The minimum Gasteiger partial charge on any atom is -0.384 e. The fourth-order valence-corrected chi connectivity index (χ4v) is 0. The van der Waals surface area contributed by atoms with Crippen molar-refractivity contribution in [2.45, 2.75) is 13.0 Å². The zero-order chi connectivity index (χ0) is 5.15. The molecular formula is C3H5AcClO2. The summed E-state index contributed by atoms with van der Waals surface area (Å²) in [5, 5.41) is 7.44. The van der Waals surface area contributed by atoms with E-state index in [1.807, 2.05) is 0 Å². The summed E-state index contributed by atoms with van der Waals surface area (Å²) >= 11 is 4.72. The fourth-order valence-electron chi connectivity index (χ4n) is 0. The summed E-state index contributed by atoms with van der Waals surface area (Å²) in [7, 11) is 0. The number of aliphatic hydroxyl groups is 1. The van der Waals surface area contributed by atoms with Crippen molar-refractivity contribution in [3.8, 4) is 0 Å². The Kier molecular flexibility index (Phi) is 8.79. The molecule has 0 unspecified atom stereocenters. The molecule has 4 heteroatoms. The molecule has 0 aromatic heterocycles. The molecule has 1 N–H and O–H groups in total. The van der Waals surface area contributed by atoms with Gasteiger partial charge in [0.05, 0.1) is 0 Å². The molecule has 1 atom stereocenters. The Hall–Kier alpha value is 1.36. The monoisotopic (exact) mass is 335 g/mol. The quantitative estimate of drug-likeness (QED) is 0.692. The maximum Gasteiger partial charge on any atom is 0.249 e. The van der Waals surface area contributed by atoms with Crippen molar-refractivity contribution in [3.05, 3.63) is 0 Å². The van der Waals surface area contributed by atoms with Gasteiger partial charge in [0, 0.05) is 44.1 Å². The maximum atomic E-state index is 9.66. The second-order valence-corrected chi connectivity index (χ2v) is 1.35. The molecule has 0 aromatic carbocycles. The summed E-state index contributed by atoms with van der Waals surface area (Å²) in [4.78, 5) is 9.66. The maximum absolute atomic E-state index is 9.66. The van der Waals surface area contributed by atoms with Crippen molar-refractivity contribution < 1.29 is 54.0 Å². The van der Waals surface area contributed by atoms with Gasteiger partial charge in [0.1, 0.15) is 6.10 Å². The van der Waals surface area contributed by atoms with Crippen LogP contribution >= 0.6 is 11.6 Å². The SMILES string of the molecule is C[C@H](O)C(=O)Cl.[Ac]. The zero-order valence-corrected chi connectivity index (χ0v) is 9.39. The first-order chi connectivity index (χ1) is 2.64. The first kappa shape index (κ1) is 11.2. The van der Waals surface area contributed by atoms with Crippen LogP contribution in [-0.2, 0) is 4.79 Å². The minimum atomic E-state index is -1.02. The summed E-state index contributed by atoms with van der Waals surface area (Å²) in [6.07, 6.45) is -1.02. The summed E-state index contributed by atoms with van der Waals surface area (Å²) < 4.78 is 0. The molecule has 0 aliphatic carbocycles. The number of aliphatic hydroxyl groups excluding tert-OH is 1. The molecule has 0 bridgehead atoms. The van der Waals surface area contributed by atoms with Gasteiger partial charge in [-0.05, 0) is 18.5 Å². The van der Waals surface area contributed by atoms with Gasteiger partial charge in [-0.3, -0.25) is 4.79 Å². The Morgan fingerprint density at radius 1 is 1.86 bits per heavy atom. The van der Waals surface area contributed by atoms with Gasteiger partial charge < -0.3 is 5.11 Å². The van der Waals surface area contributed by atoms with E-state index in [2.05, 4.69) is 0 Å². The normalized spacial score (nSPS) is 11.9. The van der Waals surface area contributed by atoms with Crippen LogP contribution in [0.25, 0.3) is 0 Å². The van der Waals surface area contributed by atoms with Gasteiger partial charge in [-0.15, -0.1) is 0 Å². The predicted octanol–water partition coefficient (Wildman–Crippen LogP) is 0.133. The van der Waals surface area contributed by atoms with Gasteiger partial charge in [0.15, 0.2) is 0 Å². The Labute approximate surface area is 82.8 Å². The summed E-state index contributed by atoms with van der Waals surface area (Å²) in [5.74, 6) is 0. The summed E-state index contributed by atoms with van der Waals surface area (Å²) in [5.41, 5.74) is 0.